The van der Waals surface area contributed by atoms with Crippen molar-refractivity contribution < 1.29 is 19.4 Å². The average Bonchev–Trinajstić information content (AvgIpc) is 2.24. The van der Waals surface area contributed by atoms with Crippen molar-refractivity contribution in [2.24, 2.45) is 0 Å². The van der Waals surface area contributed by atoms with Gasteiger partial charge in [-0.1, -0.05) is 5.92 Å². The number of carbonyl (C=O) groups excluding carboxylic acids is 1. The van der Waals surface area contributed by atoms with Crippen molar-refractivity contribution in [3.63, 3.8) is 0 Å². The van der Waals surface area contributed by atoms with E-state index in [1.807, 2.05) is 20.8 Å². The number of carboxylic acids is 1. The van der Waals surface area contributed by atoms with E-state index >= 15 is 0 Å². The summed E-state index contributed by atoms with van der Waals surface area (Å²) in [5, 5.41) is 8.81. The number of hydrogen-bond acceptors (Lipinski definition) is 3. The number of urea groups is 1. The van der Waals surface area contributed by atoms with Crippen LogP contribution in [0, 0.1) is 12.3 Å². The van der Waals surface area contributed by atoms with Gasteiger partial charge in [-0.2, -0.15) is 0 Å². The van der Waals surface area contributed by atoms with Gasteiger partial charge in [-0.3, -0.25) is 4.79 Å². The summed E-state index contributed by atoms with van der Waals surface area (Å²) in [5.74, 6) is 1.23. The third-order valence-electron chi connectivity index (χ3n) is 2.72. The minimum Gasteiger partial charge on any atom is -0.480 e. The predicted molar refractivity (Wildman–Crippen MR) is 69.6 cm³/mol. The summed E-state index contributed by atoms with van der Waals surface area (Å²) in [7, 11) is 0. The zero-order chi connectivity index (χ0) is 14.6. The molecule has 0 aromatic carbocycles. The topological polar surface area (TPSA) is 70.1 Å². The van der Waals surface area contributed by atoms with Crippen molar-refractivity contribution in [2.75, 3.05) is 26.2 Å². The van der Waals surface area contributed by atoms with E-state index in [1.165, 1.54) is 0 Å². The summed E-state index contributed by atoms with van der Waals surface area (Å²) in [5.41, 5.74) is -0.446. The molecule has 2 amide bonds. The molecule has 1 saturated heterocycles. The van der Waals surface area contributed by atoms with Crippen LogP contribution in [0.25, 0.3) is 0 Å². The van der Waals surface area contributed by atoms with Crippen LogP contribution in [0.15, 0.2) is 0 Å². The third-order valence-corrected chi connectivity index (χ3v) is 2.72. The number of nitrogens with zero attached hydrogens (tertiary/aromatic N) is 2. The smallest absolute Gasteiger partial charge is 0.323 e. The first-order chi connectivity index (χ1) is 8.75. The molecular formula is C13H20N2O4. The van der Waals surface area contributed by atoms with Gasteiger partial charge in [-0.25, -0.2) is 4.79 Å². The largest absolute Gasteiger partial charge is 0.480 e. The van der Waals surface area contributed by atoms with E-state index in [0.717, 1.165) is 4.90 Å². The van der Waals surface area contributed by atoms with Gasteiger partial charge in [0.05, 0.1) is 24.8 Å². The molecule has 0 aromatic rings. The number of terminal acetylenes is 1. The molecule has 0 spiro atoms. The van der Waals surface area contributed by atoms with Gasteiger partial charge in [0.2, 0.25) is 0 Å². The van der Waals surface area contributed by atoms with E-state index in [0.29, 0.717) is 13.1 Å². The van der Waals surface area contributed by atoms with Crippen molar-refractivity contribution in [3.8, 4) is 12.3 Å². The Morgan fingerprint density at radius 2 is 2.21 bits per heavy atom. The number of ether oxygens (including phenoxy) is 1. The second-order valence-corrected chi connectivity index (χ2v) is 5.31. The van der Waals surface area contributed by atoms with E-state index in [-0.39, 0.29) is 18.7 Å². The molecule has 19 heavy (non-hydrogen) atoms. The summed E-state index contributed by atoms with van der Waals surface area (Å²) < 4.78 is 5.71. The number of carbonyl (C=O) groups is 2. The lowest BCUT2D eigenvalue weighted by Crippen LogP contribution is -2.57. The lowest BCUT2D eigenvalue weighted by Gasteiger charge is -2.42. The van der Waals surface area contributed by atoms with Gasteiger partial charge in [0.15, 0.2) is 0 Å². The van der Waals surface area contributed by atoms with Gasteiger partial charge in [-0.15, -0.1) is 6.42 Å². The Hall–Kier alpha value is -1.74. The second-order valence-electron chi connectivity index (χ2n) is 5.31. The van der Waals surface area contributed by atoms with E-state index < -0.39 is 18.1 Å². The number of morpholine rings is 1. The molecule has 0 aromatic heterocycles. The lowest BCUT2D eigenvalue weighted by molar-refractivity contribution is -0.138. The van der Waals surface area contributed by atoms with Crippen LogP contribution >= 0.6 is 0 Å². The minimum absolute atomic E-state index is 0.0166. The highest BCUT2D eigenvalue weighted by Crippen LogP contribution is 2.21. The summed E-state index contributed by atoms with van der Waals surface area (Å²) in [6.07, 6.45) is 5.08. The van der Waals surface area contributed by atoms with Crippen LogP contribution < -0.4 is 0 Å². The Balaban J connectivity index is 2.78. The molecule has 1 aliphatic rings. The minimum atomic E-state index is -1.08. The van der Waals surface area contributed by atoms with Gasteiger partial charge >= 0.3 is 12.0 Å². The van der Waals surface area contributed by atoms with Crippen molar-refractivity contribution >= 4 is 12.0 Å². The fourth-order valence-electron chi connectivity index (χ4n) is 2.26. The van der Waals surface area contributed by atoms with Gasteiger partial charge in [0.1, 0.15) is 6.54 Å². The number of aliphatic carboxylic acids is 1. The summed E-state index contributed by atoms with van der Waals surface area (Å²) in [6.45, 7) is 6.10. The van der Waals surface area contributed by atoms with Crippen molar-refractivity contribution in [1.29, 1.82) is 0 Å². The Kier molecular flexibility index (Phi) is 4.78. The summed E-state index contributed by atoms with van der Waals surface area (Å²) >= 11 is 0. The molecule has 1 aliphatic heterocycles. The average molecular weight is 268 g/mol. The van der Waals surface area contributed by atoms with E-state index in [2.05, 4.69) is 5.92 Å². The molecule has 0 aliphatic carbocycles. The molecule has 1 heterocycles. The molecule has 0 saturated carbocycles. The summed E-state index contributed by atoms with van der Waals surface area (Å²) in [4.78, 5) is 25.8. The first-order valence-electron chi connectivity index (χ1n) is 6.12. The second kappa shape index (κ2) is 5.93. The monoisotopic (exact) mass is 268 g/mol. The van der Waals surface area contributed by atoms with Crippen LogP contribution in [-0.2, 0) is 9.53 Å². The molecule has 1 N–H and O–H groups in total. The van der Waals surface area contributed by atoms with Crippen LogP contribution in [0.4, 0.5) is 4.79 Å². The molecule has 1 atom stereocenters. The van der Waals surface area contributed by atoms with Gasteiger partial charge < -0.3 is 19.6 Å². The SMILES string of the molecule is C#CCN(CC(=O)O)C(=O)N1CC(C)OC(C)(C)C1. The molecule has 1 rings (SSSR count). The maximum absolute atomic E-state index is 12.3. The quantitative estimate of drug-likeness (QED) is 0.762. The Morgan fingerprint density at radius 3 is 2.68 bits per heavy atom. The summed E-state index contributed by atoms with van der Waals surface area (Å²) in [6, 6.07) is -0.358. The Labute approximate surface area is 113 Å². The number of hydrogen-bond donors (Lipinski definition) is 1. The zero-order valence-corrected chi connectivity index (χ0v) is 11.5. The fraction of sp³-hybridized carbons (Fsp3) is 0.692. The maximum Gasteiger partial charge on any atom is 0.323 e. The first kappa shape index (κ1) is 15.3. The number of rotatable bonds is 3. The molecule has 6 nitrogen and oxygen atoms in total. The zero-order valence-electron chi connectivity index (χ0n) is 11.5. The standard InChI is InChI=1S/C13H20N2O4/c1-5-6-14(8-11(16)17)12(18)15-7-10(2)19-13(3,4)9-15/h1,10H,6-9H2,2-4H3,(H,16,17). The highest BCUT2D eigenvalue weighted by molar-refractivity contribution is 5.80. The van der Waals surface area contributed by atoms with Gasteiger partial charge in [0.25, 0.3) is 0 Å². The normalized spacial score (nSPS) is 21.6. The van der Waals surface area contributed by atoms with Gasteiger partial charge in [0, 0.05) is 6.54 Å². The van der Waals surface area contributed by atoms with Crippen LogP contribution in [0.3, 0.4) is 0 Å². The van der Waals surface area contributed by atoms with Crippen LogP contribution in [0.2, 0.25) is 0 Å². The number of amides is 2. The van der Waals surface area contributed by atoms with Crippen LogP contribution in [0.1, 0.15) is 20.8 Å². The van der Waals surface area contributed by atoms with Crippen molar-refractivity contribution in [1.82, 2.24) is 9.80 Å². The molecule has 106 valence electrons. The lowest BCUT2D eigenvalue weighted by atomic mass is 10.1. The molecule has 0 bridgehead atoms. The first-order valence-corrected chi connectivity index (χ1v) is 6.12. The van der Waals surface area contributed by atoms with Crippen molar-refractivity contribution in [3.05, 3.63) is 0 Å². The molecule has 1 unspecified atom stereocenters. The highest BCUT2D eigenvalue weighted by atomic mass is 16.5. The molecule has 1 fully saturated rings. The molecular weight excluding hydrogens is 248 g/mol. The predicted octanol–water partition coefficient (Wildman–Crippen LogP) is 0.625. The van der Waals surface area contributed by atoms with E-state index in [9.17, 15) is 9.59 Å². The van der Waals surface area contributed by atoms with Crippen LogP contribution in [-0.4, -0.2) is 64.8 Å². The number of carboxylic acid groups (broad SMARTS) is 1. The Bertz CT molecular complexity index is 400. The molecule has 0 radical (unpaired) electrons. The van der Waals surface area contributed by atoms with Crippen LogP contribution in [0.5, 0.6) is 0 Å². The van der Waals surface area contributed by atoms with Crippen molar-refractivity contribution in [2.45, 2.75) is 32.5 Å². The fourth-order valence-corrected chi connectivity index (χ4v) is 2.26. The molecule has 6 heteroatoms. The maximum atomic E-state index is 12.3. The van der Waals surface area contributed by atoms with E-state index in [1.54, 1.807) is 4.90 Å². The highest BCUT2D eigenvalue weighted by Gasteiger charge is 2.35. The Morgan fingerprint density at radius 1 is 1.58 bits per heavy atom. The third kappa shape index (κ3) is 4.45. The van der Waals surface area contributed by atoms with E-state index in [4.69, 9.17) is 16.3 Å². The van der Waals surface area contributed by atoms with Gasteiger partial charge in [-0.05, 0) is 20.8 Å².